The van der Waals surface area contributed by atoms with Crippen molar-refractivity contribution in [3.05, 3.63) is 70.5 Å². The average Bonchev–Trinajstić information content (AvgIpc) is 2.54. The number of nitrogens with zero attached hydrogens (tertiary/aromatic N) is 2. The van der Waals surface area contributed by atoms with Crippen molar-refractivity contribution in [1.29, 1.82) is 5.26 Å². The fourth-order valence-electron chi connectivity index (χ4n) is 2.09. The first kappa shape index (κ1) is 15.2. The van der Waals surface area contributed by atoms with E-state index in [9.17, 15) is 14.3 Å². The van der Waals surface area contributed by atoms with Gasteiger partial charge in [-0.2, -0.15) is 10.4 Å². The molecule has 0 bridgehead atoms. The van der Waals surface area contributed by atoms with Crippen molar-refractivity contribution in [2.24, 2.45) is 10.9 Å². The number of halogens is 1. The van der Waals surface area contributed by atoms with Gasteiger partial charge in [0.2, 0.25) is 0 Å². The summed E-state index contributed by atoms with van der Waals surface area (Å²) < 4.78 is 13.3. The molecule has 2 rings (SSSR count). The zero-order valence-electron chi connectivity index (χ0n) is 11.5. The van der Waals surface area contributed by atoms with Crippen molar-refractivity contribution < 1.29 is 14.3 Å². The SMILES string of the molecule is N#Cc1cc(C/C(=N\N)c2ccccc2C(=O)O)ccc1F. The van der Waals surface area contributed by atoms with Gasteiger partial charge in [0.05, 0.1) is 16.8 Å². The Morgan fingerprint density at radius 1 is 1.27 bits per heavy atom. The third-order valence-electron chi connectivity index (χ3n) is 3.15. The van der Waals surface area contributed by atoms with Crippen molar-refractivity contribution >= 4 is 11.7 Å². The van der Waals surface area contributed by atoms with Crippen molar-refractivity contribution in [3.8, 4) is 6.07 Å². The third-order valence-corrected chi connectivity index (χ3v) is 3.15. The van der Waals surface area contributed by atoms with Gasteiger partial charge >= 0.3 is 5.97 Å². The lowest BCUT2D eigenvalue weighted by atomic mass is 9.97. The van der Waals surface area contributed by atoms with E-state index in [2.05, 4.69) is 5.10 Å². The molecule has 2 aromatic rings. The summed E-state index contributed by atoms with van der Waals surface area (Å²) in [5, 5.41) is 21.7. The predicted molar refractivity (Wildman–Crippen MR) is 78.9 cm³/mol. The fourth-order valence-corrected chi connectivity index (χ4v) is 2.09. The number of benzene rings is 2. The number of carbonyl (C=O) groups is 1. The summed E-state index contributed by atoms with van der Waals surface area (Å²) in [5.41, 5.74) is 1.34. The molecule has 0 spiro atoms. The maximum absolute atomic E-state index is 13.3. The standard InChI is InChI=1S/C16H12FN3O2/c17-14-6-5-10(7-11(14)9-18)8-15(20-19)12-3-1-2-4-13(12)16(21)22/h1-7H,8,19H2,(H,21,22)/b20-15+. The molecule has 0 aromatic heterocycles. The fraction of sp³-hybridized carbons (Fsp3) is 0.0625. The molecule has 0 aliphatic carbocycles. The first-order valence-corrected chi connectivity index (χ1v) is 6.34. The third kappa shape index (κ3) is 3.10. The van der Waals surface area contributed by atoms with Crippen molar-refractivity contribution in [2.45, 2.75) is 6.42 Å². The Labute approximate surface area is 126 Å². The number of hydrogen-bond acceptors (Lipinski definition) is 4. The molecular weight excluding hydrogens is 285 g/mol. The molecule has 0 heterocycles. The van der Waals surface area contributed by atoms with Crippen LogP contribution in [0.15, 0.2) is 47.6 Å². The van der Waals surface area contributed by atoms with E-state index in [0.29, 0.717) is 16.8 Å². The van der Waals surface area contributed by atoms with Gasteiger partial charge in [0, 0.05) is 12.0 Å². The minimum atomic E-state index is -1.09. The number of hydrazone groups is 1. The van der Waals surface area contributed by atoms with Gasteiger partial charge in [-0.25, -0.2) is 9.18 Å². The highest BCUT2D eigenvalue weighted by atomic mass is 19.1. The molecular formula is C16H12FN3O2. The van der Waals surface area contributed by atoms with Crippen LogP contribution >= 0.6 is 0 Å². The minimum absolute atomic E-state index is 0.0781. The molecule has 0 aliphatic heterocycles. The van der Waals surface area contributed by atoms with Crippen LogP contribution < -0.4 is 5.84 Å². The Kier molecular flexibility index (Phi) is 4.49. The number of carboxylic acid groups (broad SMARTS) is 1. The monoisotopic (exact) mass is 297 g/mol. The summed E-state index contributed by atoms with van der Waals surface area (Å²) in [7, 11) is 0. The van der Waals surface area contributed by atoms with E-state index in [1.54, 1.807) is 24.3 Å². The molecule has 6 heteroatoms. The topological polar surface area (TPSA) is 99.5 Å². The Balaban J connectivity index is 2.40. The number of rotatable bonds is 4. The number of hydrogen-bond donors (Lipinski definition) is 2. The second-order valence-electron chi connectivity index (χ2n) is 4.53. The number of carboxylic acids is 1. The van der Waals surface area contributed by atoms with E-state index < -0.39 is 11.8 Å². The zero-order valence-corrected chi connectivity index (χ0v) is 11.5. The summed E-state index contributed by atoms with van der Waals surface area (Å²) in [6.45, 7) is 0. The summed E-state index contributed by atoms with van der Waals surface area (Å²) in [5.74, 6) is 3.68. The van der Waals surface area contributed by atoms with E-state index >= 15 is 0 Å². The van der Waals surface area contributed by atoms with Crippen molar-refractivity contribution in [3.63, 3.8) is 0 Å². The molecule has 22 heavy (non-hydrogen) atoms. The second-order valence-corrected chi connectivity index (χ2v) is 4.53. The largest absolute Gasteiger partial charge is 0.478 e. The van der Waals surface area contributed by atoms with Crippen molar-refractivity contribution in [2.75, 3.05) is 0 Å². The van der Waals surface area contributed by atoms with E-state index in [4.69, 9.17) is 11.1 Å². The highest BCUT2D eigenvalue weighted by Crippen LogP contribution is 2.16. The molecule has 0 amide bonds. The molecule has 0 radical (unpaired) electrons. The van der Waals surface area contributed by atoms with Gasteiger partial charge in [0.1, 0.15) is 11.9 Å². The quantitative estimate of drug-likeness (QED) is 0.514. The summed E-state index contributed by atoms with van der Waals surface area (Å²) in [6.07, 6.45) is 0.190. The Hall–Kier alpha value is -3.20. The molecule has 0 unspecified atom stereocenters. The highest BCUT2D eigenvalue weighted by Gasteiger charge is 2.15. The van der Waals surface area contributed by atoms with Crippen LogP contribution in [0.25, 0.3) is 0 Å². The Morgan fingerprint density at radius 2 is 1.95 bits per heavy atom. The lowest BCUT2D eigenvalue weighted by molar-refractivity contribution is 0.0696. The lowest BCUT2D eigenvalue weighted by Crippen LogP contribution is -2.14. The van der Waals surface area contributed by atoms with Gasteiger partial charge in [0.15, 0.2) is 0 Å². The molecule has 0 saturated heterocycles. The zero-order chi connectivity index (χ0) is 16.1. The highest BCUT2D eigenvalue weighted by molar-refractivity contribution is 6.09. The second kappa shape index (κ2) is 6.50. The predicted octanol–water partition coefficient (Wildman–Crippen LogP) is 2.30. The van der Waals surface area contributed by atoms with Gasteiger partial charge in [-0.05, 0) is 23.8 Å². The lowest BCUT2D eigenvalue weighted by Gasteiger charge is -2.09. The van der Waals surface area contributed by atoms with Gasteiger partial charge in [-0.1, -0.05) is 24.3 Å². The molecule has 0 atom stereocenters. The minimum Gasteiger partial charge on any atom is -0.478 e. The van der Waals surface area contributed by atoms with E-state index in [0.717, 1.165) is 0 Å². The first-order chi connectivity index (χ1) is 10.6. The molecule has 0 fully saturated rings. The summed E-state index contributed by atoms with van der Waals surface area (Å²) in [6, 6.07) is 12.2. The maximum Gasteiger partial charge on any atom is 0.336 e. The average molecular weight is 297 g/mol. The number of nitrogens with two attached hydrogens (primary N) is 1. The number of aromatic carboxylic acids is 1. The molecule has 2 aromatic carbocycles. The Bertz CT molecular complexity index is 794. The van der Waals surface area contributed by atoms with Crippen LogP contribution in [-0.4, -0.2) is 16.8 Å². The first-order valence-electron chi connectivity index (χ1n) is 6.34. The van der Waals surface area contributed by atoms with Crippen LogP contribution in [0.2, 0.25) is 0 Å². The van der Waals surface area contributed by atoms with Gasteiger partial charge in [0.25, 0.3) is 0 Å². The normalized spacial score (nSPS) is 11.0. The van der Waals surface area contributed by atoms with Gasteiger partial charge in [-0.3, -0.25) is 0 Å². The van der Waals surface area contributed by atoms with Gasteiger partial charge < -0.3 is 10.9 Å². The van der Waals surface area contributed by atoms with E-state index in [1.165, 1.54) is 24.3 Å². The number of nitriles is 1. The van der Waals surface area contributed by atoms with Crippen LogP contribution in [0.4, 0.5) is 4.39 Å². The maximum atomic E-state index is 13.3. The summed E-state index contributed by atoms with van der Waals surface area (Å²) >= 11 is 0. The molecule has 0 saturated carbocycles. The van der Waals surface area contributed by atoms with Crippen LogP contribution in [0.5, 0.6) is 0 Å². The smallest absolute Gasteiger partial charge is 0.336 e. The van der Waals surface area contributed by atoms with Crippen LogP contribution in [0.1, 0.15) is 27.0 Å². The Morgan fingerprint density at radius 3 is 2.55 bits per heavy atom. The van der Waals surface area contributed by atoms with E-state index in [-0.39, 0.29) is 17.5 Å². The molecule has 3 N–H and O–H groups in total. The van der Waals surface area contributed by atoms with Crippen LogP contribution in [0, 0.1) is 17.1 Å². The van der Waals surface area contributed by atoms with E-state index in [1.807, 2.05) is 0 Å². The molecule has 0 aliphatic rings. The summed E-state index contributed by atoms with van der Waals surface area (Å²) in [4.78, 5) is 11.3. The molecule has 110 valence electrons. The van der Waals surface area contributed by atoms with Gasteiger partial charge in [-0.15, -0.1) is 0 Å². The van der Waals surface area contributed by atoms with Crippen molar-refractivity contribution in [1.82, 2.24) is 0 Å². The van der Waals surface area contributed by atoms with Crippen LogP contribution in [0.3, 0.4) is 0 Å². The van der Waals surface area contributed by atoms with Crippen LogP contribution in [-0.2, 0) is 6.42 Å². The molecule has 5 nitrogen and oxygen atoms in total.